The summed E-state index contributed by atoms with van der Waals surface area (Å²) < 4.78 is 0. The van der Waals surface area contributed by atoms with Gasteiger partial charge in [-0.3, -0.25) is 10.1 Å². The van der Waals surface area contributed by atoms with Crippen molar-refractivity contribution in [2.24, 2.45) is 0 Å². The van der Waals surface area contributed by atoms with Gasteiger partial charge in [0.15, 0.2) is 5.82 Å². The highest BCUT2D eigenvalue weighted by atomic mass is 16.6. The van der Waals surface area contributed by atoms with Crippen LogP contribution in [0.15, 0.2) is 36.8 Å². The predicted octanol–water partition coefficient (Wildman–Crippen LogP) is 3.18. The van der Waals surface area contributed by atoms with Gasteiger partial charge in [0.05, 0.1) is 16.7 Å². The number of nitrogens with one attached hydrogen (secondary N) is 2. The van der Waals surface area contributed by atoms with Gasteiger partial charge >= 0.3 is 0 Å². The van der Waals surface area contributed by atoms with Gasteiger partial charge in [0.1, 0.15) is 17.4 Å². The van der Waals surface area contributed by atoms with Crippen LogP contribution >= 0.6 is 0 Å². The molecule has 1 aliphatic carbocycles. The second-order valence-electron chi connectivity index (χ2n) is 7.50. The van der Waals surface area contributed by atoms with Gasteiger partial charge in [-0.25, -0.2) is 19.9 Å². The first-order valence-corrected chi connectivity index (χ1v) is 9.38. The van der Waals surface area contributed by atoms with Crippen molar-refractivity contribution in [2.45, 2.75) is 44.2 Å². The van der Waals surface area contributed by atoms with Crippen molar-refractivity contribution in [1.29, 1.82) is 0 Å². The van der Waals surface area contributed by atoms with Gasteiger partial charge in [-0.1, -0.05) is 6.07 Å². The maximum absolute atomic E-state index is 11.0. The standard InChI is InChI=1S/C19H21N7O3/c1-19(27)7-5-12(6-8-19)24-18-20-10-15-16(25-18)17(22-11-21-15)23-13-3-2-4-14(9-13)26(28)29/h2-4,9-12,27H,5-8H2,1H3,(H,20,24,25)(H,21,22,23)/t12-,19-. The molecule has 3 aromatic rings. The van der Waals surface area contributed by atoms with Crippen LogP contribution in [-0.4, -0.2) is 41.6 Å². The first-order valence-electron chi connectivity index (χ1n) is 9.38. The molecule has 1 saturated carbocycles. The highest BCUT2D eigenvalue weighted by Gasteiger charge is 2.28. The molecule has 0 radical (unpaired) electrons. The molecule has 150 valence electrons. The van der Waals surface area contributed by atoms with Crippen molar-refractivity contribution in [2.75, 3.05) is 10.6 Å². The number of nitro benzene ring substituents is 1. The van der Waals surface area contributed by atoms with E-state index in [1.165, 1.54) is 18.5 Å². The minimum Gasteiger partial charge on any atom is -0.390 e. The van der Waals surface area contributed by atoms with Crippen LogP contribution < -0.4 is 10.6 Å². The van der Waals surface area contributed by atoms with E-state index >= 15 is 0 Å². The molecule has 0 amide bonds. The maximum Gasteiger partial charge on any atom is 0.271 e. The van der Waals surface area contributed by atoms with Crippen LogP contribution in [0.1, 0.15) is 32.6 Å². The molecule has 2 aromatic heterocycles. The predicted molar refractivity (Wildman–Crippen MR) is 108 cm³/mol. The van der Waals surface area contributed by atoms with Gasteiger partial charge in [0.2, 0.25) is 5.95 Å². The lowest BCUT2D eigenvalue weighted by Crippen LogP contribution is -2.36. The maximum atomic E-state index is 11.0. The Morgan fingerprint density at radius 1 is 1.24 bits per heavy atom. The molecule has 10 heteroatoms. The third-order valence-corrected chi connectivity index (χ3v) is 5.09. The van der Waals surface area contributed by atoms with Gasteiger partial charge in [-0.15, -0.1) is 0 Å². The van der Waals surface area contributed by atoms with Crippen molar-refractivity contribution in [3.8, 4) is 0 Å². The fourth-order valence-corrected chi connectivity index (χ4v) is 3.42. The number of anilines is 3. The van der Waals surface area contributed by atoms with E-state index < -0.39 is 10.5 Å². The molecular formula is C19H21N7O3. The molecule has 0 spiro atoms. The minimum absolute atomic E-state index is 0.0153. The van der Waals surface area contributed by atoms with Gasteiger partial charge < -0.3 is 15.7 Å². The van der Waals surface area contributed by atoms with Crippen LogP contribution in [-0.2, 0) is 0 Å². The summed E-state index contributed by atoms with van der Waals surface area (Å²) in [6, 6.07) is 6.36. The Labute approximate surface area is 166 Å². The van der Waals surface area contributed by atoms with Crippen molar-refractivity contribution < 1.29 is 10.0 Å². The number of rotatable bonds is 5. The van der Waals surface area contributed by atoms with Crippen LogP contribution in [0.25, 0.3) is 11.0 Å². The van der Waals surface area contributed by atoms with E-state index in [2.05, 4.69) is 30.6 Å². The smallest absolute Gasteiger partial charge is 0.271 e. The van der Waals surface area contributed by atoms with E-state index in [4.69, 9.17) is 0 Å². The molecule has 0 atom stereocenters. The summed E-state index contributed by atoms with van der Waals surface area (Å²) in [5.41, 5.74) is 0.982. The number of hydrogen-bond donors (Lipinski definition) is 3. The first kappa shape index (κ1) is 18.9. The molecule has 0 unspecified atom stereocenters. The summed E-state index contributed by atoms with van der Waals surface area (Å²) in [6.45, 7) is 1.86. The lowest BCUT2D eigenvalue weighted by atomic mass is 9.84. The lowest BCUT2D eigenvalue weighted by Gasteiger charge is -2.33. The van der Waals surface area contributed by atoms with Gasteiger partial charge in [0, 0.05) is 23.9 Å². The monoisotopic (exact) mass is 395 g/mol. The lowest BCUT2D eigenvalue weighted by molar-refractivity contribution is -0.384. The Balaban J connectivity index is 1.58. The summed E-state index contributed by atoms with van der Waals surface area (Å²) in [5, 5.41) is 27.5. The molecular weight excluding hydrogens is 374 g/mol. The molecule has 4 rings (SSSR count). The average molecular weight is 395 g/mol. The third-order valence-electron chi connectivity index (χ3n) is 5.09. The summed E-state index contributed by atoms with van der Waals surface area (Å²) in [6.07, 6.45) is 6.12. The van der Waals surface area contributed by atoms with Crippen LogP contribution in [0.4, 0.5) is 23.1 Å². The Bertz CT molecular complexity index is 1050. The molecule has 1 aliphatic rings. The summed E-state index contributed by atoms with van der Waals surface area (Å²) in [7, 11) is 0. The third kappa shape index (κ3) is 4.37. The van der Waals surface area contributed by atoms with Crippen LogP contribution in [0.5, 0.6) is 0 Å². The van der Waals surface area contributed by atoms with Crippen molar-refractivity contribution in [1.82, 2.24) is 19.9 Å². The first-order chi connectivity index (χ1) is 13.9. The van der Waals surface area contributed by atoms with Gasteiger partial charge in [-0.05, 0) is 38.7 Å². The number of hydrogen-bond acceptors (Lipinski definition) is 9. The van der Waals surface area contributed by atoms with E-state index in [1.807, 2.05) is 6.92 Å². The quantitative estimate of drug-likeness (QED) is 0.439. The number of non-ortho nitro benzene ring substituents is 1. The summed E-state index contributed by atoms with van der Waals surface area (Å²) in [5.74, 6) is 0.897. The molecule has 2 heterocycles. The van der Waals surface area contributed by atoms with Gasteiger partial charge in [0.25, 0.3) is 5.69 Å². The van der Waals surface area contributed by atoms with Gasteiger partial charge in [-0.2, -0.15) is 0 Å². The second kappa shape index (κ2) is 7.55. The van der Waals surface area contributed by atoms with E-state index in [0.29, 0.717) is 28.5 Å². The number of nitrogens with zero attached hydrogens (tertiary/aromatic N) is 5. The second-order valence-corrected chi connectivity index (χ2v) is 7.50. The van der Waals surface area contributed by atoms with E-state index in [0.717, 1.165) is 25.7 Å². The van der Waals surface area contributed by atoms with Crippen molar-refractivity contribution >= 4 is 34.2 Å². The summed E-state index contributed by atoms with van der Waals surface area (Å²) >= 11 is 0. The molecule has 10 nitrogen and oxygen atoms in total. The van der Waals surface area contributed by atoms with E-state index in [9.17, 15) is 15.2 Å². The Morgan fingerprint density at radius 3 is 2.79 bits per heavy atom. The topological polar surface area (TPSA) is 139 Å². The Hall–Kier alpha value is -3.40. The highest BCUT2D eigenvalue weighted by molar-refractivity contribution is 5.87. The fourth-order valence-electron chi connectivity index (χ4n) is 3.42. The number of aromatic nitrogens is 4. The molecule has 1 fully saturated rings. The van der Waals surface area contributed by atoms with Crippen molar-refractivity contribution in [3.63, 3.8) is 0 Å². The number of fused-ring (bicyclic) bond motifs is 1. The Kier molecular flexibility index (Phi) is 4.93. The molecule has 0 bridgehead atoms. The summed E-state index contributed by atoms with van der Waals surface area (Å²) in [4.78, 5) is 27.9. The van der Waals surface area contributed by atoms with Crippen molar-refractivity contribution in [3.05, 3.63) is 46.9 Å². The van der Waals surface area contributed by atoms with E-state index in [-0.39, 0.29) is 11.7 Å². The zero-order valence-electron chi connectivity index (χ0n) is 15.9. The molecule has 0 saturated heterocycles. The zero-order valence-corrected chi connectivity index (χ0v) is 15.9. The minimum atomic E-state index is -0.606. The molecule has 1 aromatic carbocycles. The molecule has 29 heavy (non-hydrogen) atoms. The average Bonchev–Trinajstić information content (AvgIpc) is 2.70. The number of aliphatic hydroxyl groups is 1. The zero-order chi connectivity index (χ0) is 20.4. The number of nitro groups is 1. The fraction of sp³-hybridized carbons (Fsp3) is 0.368. The van der Waals surface area contributed by atoms with E-state index in [1.54, 1.807) is 18.3 Å². The highest BCUT2D eigenvalue weighted by Crippen LogP contribution is 2.29. The largest absolute Gasteiger partial charge is 0.390 e. The molecule has 0 aliphatic heterocycles. The van der Waals surface area contributed by atoms with Crippen LogP contribution in [0, 0.1) is 10.1 Å². The SMILES string of the molecule is C[C@]1(O)CC[C@H](Nc2ncc3ncnc(Nc4cccc([N+](=O)[O-])c4)c3n2)CC1. The van der Waals surface area contributed by atoms with Crippen LogP contribution in [0.3, 0.4) is 0 Å². The normalized spacial score (nSPS) is 21.7. The number of benzene rings is 1. The molecule has 3 N–H and O–H groups in total. The Morgan fingerprint density at radius 2 is 2.03 bits per heavy atom. The van der Waals surface area contributed by atoms with Crippen LogP contribution in [0.2, 0.25) is 0 Å².